The van der Waals surface area contributed by atoms with Crippen LogP contribution in [0.25, 0.3) is 0 Å². The number of nitrogens with one attached hydrogen (secondary N) is 1. The first-order valence-electron chi connectivity index (χ1n) is 6.32. The first kappa shape index (κ1) is 16.5. The van der Waals surface area contributed by atoms with Crippen LogP contribution in [0.2, 0.25) is 0 Å². The molecule has 0 saturated heterocycles. The van der Waals surface area contributed by atoms with Crippen molar-refractivity contribution in [2.45, 2.75) is 20.8 Å². The number of benzene rings is 1. The standard InChI is InChI=1S/C13H20N2O4S/c1-5-15(6-2)20(17,18)14-12-8-7-10(3)9-11(12)13(16)19-4/h7-9,14H,5-6H2,1-4H3. The number of hydrogen-bond acceptors (Lipinski definition) is 4. The Labute approximate surface area is 119 Å². The van der Waals surface area contributed by atoms with Gasteiger partial charge in [-0.15, -0.1) is 0 Å². The molecule has 0 heterocycles. The lowest BCUT2D eigenvalue weighted by Gasteiger charge is -2.20. The predicted molar refractivity (Wildman–Crippen MR) is 78.0 cm³/mol. The molecule has 0 amide bonds. The van der Waals surface area contributed by atoms with Gasteiger partial charge in [-0.05, 0) is 19.1 Å². The summed E-state index contributed by atoms with van der Waals surface area (Å²) in [5.41, 5.74) is 1.26. The normalized spacial score (nSPS) is 11.4. The van der Waals surface area contributed by atoms with Gasteiger partial charge in [-0.3, -0.25) is 4.72 Å². The molecule has 0 aliphatic heterocycles. The Morgan fingerprint density at radius 3 is 2.40 bits per heavy atom. The second-order valence-electron chi connectivity index (χ2n) is 4.23. The average Bonchev–Trinajstić information content (AvgIpc) is 2.40. The summed E-state index contributed by atoms with van der Waals surface area (Å²) in [5, 5.41) is 0. The van der Waals surface area contributed by atoms with E-state index in [1.54, 1.807) is 32.0 Å². The first-order valence-corrected chi connectivity index (χ1v) is 7.76. The molecule has 0 spiro atoms. The van der Waals surface area contributed by atoms with Crippen molar-refractivity contribution in [1.29, 1.82) is 0 Å². The van der Waals surface area contributed by atoms with Gasteiger partial charge < -0.3 is 4.74 Å². The van der Waals surface area contributed by atoms with E-state index >= 15 is 0 Å². The second-order valence-corrected chi connectivity index (χ2v) is 5.90. The number of ether oxygens (including phenoxy) is 1. The smallest absolute Gasteiger partial charge is 0.340 e. The maximum Gasteiger partial charge on any atom is 0.340 e. The van der Waals surface area contributed by atoms with Crippen LogP contribution >= 0.6 is 0 Å². The second kappa shape index (κ2) is 6.71. The molecule has 1 aromatic rings. The zero-order chi connectivity index (χ0) is 15.3. The molecule has 1 aromatic carbocycles. The number of hydrogen-bond donors (Lipinski definition) is 1. The third-order valence-electron chi connectivity index (χ3n) is 2.86. The molecule has 0 fully saturated rings. The summed E-state index contributed by atoms with van der Waals surface area (Å²) >= 11 is 0. The van der Waals surface area contributed by atoms with Gasteiger partial charge >= 0.3 is 16.2 Å². The summed E-state index contributed by atoms with van der Waals surface area (Å²) in [5.74, 6) is -0.578. The molecule has 1 N–H and O–H groups in total. The Morgan fingerprint density at radius 2 is 1.90 bits per heavy atom. The van der Waals surface area contributed by atoms with E-state index in [1.165, 1.54) is 11.4 Å². The van der Waals surface area contributed by atoms with Gasteiger partial charge in [0.2, 0.25) is 0 Å². The van der Waals surface area contributed by atoms with Gasteiger partial charge in [-0.1, -0.05) is 25.5 Å². The fourth-order valence-electron chi connectivity index (χ4n) is 1.79. The van der Waals surface area contributed by atoms with Crippen molar-refractivity contribution in [2.24, 2.45) is 0 Å². The Morgan fingerprint density at radius 1 is 1.30 bits per heavy atom. The SMILES string of the molecule is CCN(CC)S(=O)(=O)Nc1ccc(C)cc1C(=O)OC. The third kappa shape index (κ3) is 3.71. The highest BCUT2D eigenvalue weighted by Gasteiger charge is 2.21. The topological polar surface area (TPSA) is 75.7 Å². The maximum atomic E-state index is 12.2. The lowest BCUT2D eigenvalue weighted by Crippen LogP contribution is -2.35. The van der Waals surface area contributed by atoms with E-state index in [9.17, 15) is 13.2 Å². The Hall–Kier alpha value is -1.60. The summed E-state index contributed by atoms with van der Waals surface area (Å²) < 4.78 is 32.7. The number of aryl methyl sites for hydroxylation is 1. The maximum absolute atomic E-state index is 12.2. The molecule has 112 valence electrons. The van der Waals surface area contributed by atoms with E-state index in [2.05, 4.69) is 9.46 Å². The number of rotatable bonds is 6. The molecule has 7 heteroatoms. The van der Waals surface area contributed by atoms with Gasteiger partial charge in [0.1, 0.15) is 0 Å². The van der Waals surface area contributed by atoms with E-state index in [-0.39, 0.29) is 11.3 Å². The van der Waals surface area contributed by atoms with Gasteiger partial charge in [0.05, 0.1) is 18.4 Å². The average molecular weight is 300 g/mol. The van der Waals surface area contributed by atoms with Crippen LogP contribution in [0, 0.1) is 6.92 Å². The minimum Gasteiger partial charge on any atom is -0.465 e. The fourth-order valence-corrected chi connectivity index (χ4v) is 3.06. The van der Waals surface area contributed by atoms with Crippen molar-refractivity contribution in [3.8, 4) is 0 Å². The van der Waals surface area contributed by atoms with Crippen LogP contribution in [0.15, 0.2) is 18.2 Å². The van der Waals surface area contributed by atoms with Gasteiger partial charge in [-0.25, -0.2) is 4.79 Å². The summed E-state index contributed by atoms with van der Waals surface area (Å²) in [4.78, 5) is 11.7. The van der Waals surface area contributed by atoms with Gasteiger partial charge in [0.25, 0.3) is 0 Å². The van der Waals surface area contributed by atoms with Gasteiger partial charge in [0, 0.05) is 13.1 Å². The Kier molecular flexibility index (Phi) is 5.52. The molecule has 0 unspecified atom stereocenters. The van der Waals surface area contributed by atoms with E-state index < -0.39 is 16.2 Å². The van der Waals surface area contributed by atoms with Crippen LogP contribution in [0.1, 0.15) is 29.8 Å². The quantitative estimate of drug-likeness (QED) is 0.813. The molecule has 1 rings (SSSR count). The lowest BCUT2D eigenvalue weighted by molar-refractivity contribution is 0.0602. The zero-order valence-electron chi connectivity index (χ0n) is 12.1. The number of carbonyl (C=O) groups is 1. The highest BCUT2D eigenvalue weighted by atomic mass is 32.2. The zero-order valence-corrected chi connectivity index (χ0v) is 13.0. The van der Waals surface area contributed by atoms with Crippen molar-refractivity contribution in [3.63, 3.8) is 0 Å². The molecule has 20 heavy (non-hydrogen) atoms. The van der Waals surface area contributed by atoms with E-state index in [0.29, 0.717) is 13.1 Å². The van der Waals surface area contributed by atoms with Crippen molar-refractivity contribution in [2.75, 3.05) is 24.9 Å². The highest BCUT2D eigenvalue weighted by molar-refractivity contribution is 7.90. The van der Waals surface area contributed by atoms with Crippen molar-refractivity contribution >= 4 is 21.9 Å². The van der Waals surface area contributed by atoms with Crippen molar-refractivity contribution in [3.05, 3.63) is 29.3 Å². The lowest BCUT2D eigenvalue weighted by atomic mass is 10.1. The summed E-state index contributed by atoms with van der Waals surface area (Å²) in [7, 11) is -2.42. The van der Waals surface area contributed by atoms with E-state index in [0.717, 1.165) is 5.56 Å². The predicted octanol–water partition coefficient (Wildman–Crippen LogP) is 1.78. The number of esters is 1. The van der Waals surface area contributed by atoms with Crippen LogP contribution in [-0.4, -0.2) is 38.9 Å². The summed E-state index contributed by atoms with van der Waals surface area (Å²) in [6.07, 6.45) is 0. The van der Waals surface area contributed by atoms with Crippen LogP contribution in [0.3, 0.4) is 0 Å². The molecule has 0 bridgehead atoms. The molecule has 6 nitrogen and oxygen atoms in total. The Bertz CT molecular complexity index is 580. The molecule has 0 aliphatic carbocycles. The van der Waals surface area contributed by atoms with Crippen LogP contribution in [-0.2, 0) is 14.9 Å². The number of carbonyl (C=O) groups excluding carboxylic acids is 1. The monoisotopic (exact) mass is 300 g/mol. The largest absolute Gasteiger partial charge is 0.465 e. The van der Waals surface area contributed by atoms with Crippen molar-refractivity contribution < 1.29 is 17.9 Å². The number of methoxy groups -OCH3 is 1. The molecular weight excluding hydrogens is 280 g/mol. The van der Waals surface area contributed by atoms with E-state index in [4.69, 9.17) is 0 Å². The first-order chi connectivity index (χ1) is 9.35. The highest BCUT2D eigenvalue weighted by Crippen LogP contribution is 2.20. The Balaban J connectivity index is 3.18. The van der Waals surface area contributed by atoms with Gasteiger partial charge in [0.15, 0.2) is 0 Å². The minimum atomic E-state index is -3.68. The summed E-state index contributed by atoms with van der Waals surface area (Å²) in [6.45, 7) is 6.02. The minimum absolute atomic E-state index is 0.197. The molecule has 0 saturated carbocycles. The van der Waals surface area contributed by atoms with E-state index in [1.807, 2.05) is 6.92 Å². The number of anilines is 1. The van der Waals surface area contributed by atoms with Crippen LogP contribution in [0.4, 0.5) is 5.69 Å². The summed E-state index contributed by atoms with van der Waals surface area (Å²) in [6, 6.07) is 4.88. The molecule has 0 radical (unpaired) electrons. The molecular formula is C13H20N2O4S. The van der Waals surface area contributed by atoms with Gasteiger partial charge in [-0.2, -0.15) is 12.7 Å². The van der Waals surface area contributed by atoms with Crippen LogP contribution in [0.5, 0.6) is 0 Å². The fraction of sp³-hybridized carbons (Fsp3) is 0.462. The molecule has 0 aromatic heterocycles. The number of nitrogens with zero attached hydrogens (tertiary/aromatic N) is 1. The van der Waals surface area contributed by atoms with Crippen molar-refractivity contribution in [1.82, 2.24) is 4.31 Å². The molecule has 0 atom stereocenters. The third-order valence-corrected chi connectivity index (χ3v) is 4.54. The van der Waals surface area contributed by atoms with Crippen LogP contribution < -0.4 is 4.72 Å². The molecule has 0 aliphatic rings.